The zero-order chi connectivity index (χ0) is 11.9. The van der Waals surface area contributed by atoms with Crippen LogP contribution in [0.15, 0.2) is 12.7 Å². The van der Waals surface area contributed by atoms with E-state index in [1.54, 1.807) is 0 Å². The fraction of sp³-hybridized carbons (Fsp3) is 0.857. The smallest absolute Gasteiger partial charge is 0.0346 e. The Morgan fingerprint density at radius 1 is 1.06 bits per heavy atom. The molecule has 17 heavy (non-hydrogen) atoms. The van der Waals surface area contributed by atoms with E-state index < -0.39 is 0 Å². The molecule has 0 aromatic carbocycles. The van der Waals surface area contributed by atoms with E-state index >= 15 is 0 Å². The van der Waals surface area contributed by atoms with Gasteiger partial charge in [-0.3, -0.25) is 4.90 Å². The van der Waals surface area contributed by atoms with E-state index in [0.717, 1.165) is 6.04 Å². The molecule has 2 saturated heterocycles. The lowest BCUT2D eigenvalue weighted by atomic mass is 10.1. The second-order valence-corrected chi connectivity index (χ2v) is 5.33. The van der Waals surface area contributed by atoms with Gasteiger partial charge in [0.05, 0.1) is 0 Å². The lowest BCUT2D eigenvalue weighted by Crippen LogP contribution is -2.61. The van der Waals surface area contributed by atoms with Crippen LogP contribution in [0.25, 0.3) is 0 Å². The maximum absolute atomic E-state index is 3.77. The standard InChI is InChI=1S/C14H27N3/c1-2-3-4-5-6-7-16-8-10-17(11-9-16)14-12-15-13-14/h2,14-15H,1,3-13H2. The number of hydrogen-bond donors (Lipinski definition) is 1. The minimum absolute atomic E-state index is 0.838. The van der Waals surface area contributed by atoms with Crippen molar-refractivity contribution >= 4 is 0 Å². The van der Waals surface area contributed by atoms with Crippen molar-refractivity contribution in [1.82, 2.24) is 15.1 Å². The molecule has 0 unspecified atom stereocenters. The van der Waals surface area contributed by atoms with Crippen LogP contribution in [0.5, 0.6) is 0 Å². The van der Waals surface area contributed by atoms with Crippen molar-refractivity contribution in [2.24, 2.45) is 0 Å². The molecular weight excluding hydrogens is 210 g/mol. The minimum atomic E-state index is 0.838. The fourth-order valence-corrected chi connectivity index (χ4v) is 2.68. The van der Waals surface area contributed by atoms with Gasteiger partial charge < -0.3 is 10.2 Å². The van der Waals surface area contributed by atoms with Crippen LogP contribution in [-0.4, -0.2) is 61.7 Å². The molecule has 98 valence electrons. The molecule has 3 heteroatoms. The maximum Gasteiger partial charge on any atom is 0.0346 e. The average Bonchev–Trinajstić information content (AvgIpc) is 2.29. The summed E-state index contributed by atoms with van der Waals surface area (Å²) in [6.07, 6.45) is 7.25. The van der Waals surface area contributed by atoms with Gasteiger partial charge in [-0.1, -0.05) is 12.5 Å². The highest BCUT2D eigenvalue weighted by atomic mass is 15.3. The van der Waals surface area contributed by atoms with E-state index in [1.165, 1.54) is 71.5 Å². The highest BCUT2D eigenvalue weighted by Crippen LogP contribution is 2.10. The zero-order valence-electron chi connectivity index (χ0n) is 11.0. The van der Waals surface area contributed by atoms with Gasteiger partial charge in [0, 0.05) is 45.3 Å². The molecule has 0 aromatic heterocycles. The van der Waals surface area contributed by atoms with Gasteiger partial charge >= 0.3 is 0 Å². The minimum Gasteiger partial charge on any atom is -0.314 e. The molecule has 3 nitrogen and oxygen atoms in total. The Balaban J connectivity index is 1.51. The molecule has 0 aromatic rings. The van der Waals surface area contributed by atoms with Crippen LogP contribution in [0, 0.1) is 0 Å². The third-order valence-electron chi connectivity index (χ3n) is 4.07. The molecule has 0 atom stereocenters. The molecule has 0 saturated carbocycles. The summed E-state index contributed by atoms with van der Waals surface area (Å²) >= 11 is 0. The van der Waals surface area contributed by atoms with Crippen molar-refractivity contribution in [3.05, 3.63) is 12.7 Å². The number of allylic oxidation sites excluding steroid dienone is 1. The molecule has 2 aliphatic rings. The van der Waals surface area contributed by atoms with Crippen molar-refractivity contribution in [2.45, 2.75) is 31.7 Å². The van der Waals surface area contributed by atoms with Crippen LogP contribution in [0.3, 0.4) is 0 Å². The first-order valence-electron chi connectivity index (χ1n) is 7.18. The summed E-state index contributed by atoms with van der Waals surface area (Å²) in [6.45, 7) is 12.6. The summed E-state index contributed by atoms with van der Waals surface area (Å²) in [7, 11) is 0. The van der Waals surface area contributed by atoms with E-state index in [4.69, 9.17) is 0 Å². The monoisotopic (exact) mass is 237 g/mol. The van der Waals surface area contributed by atoms with Crippen molar-refractivity contribution in [2.75, 3.05) is 45.8 Å². The van der Waals surface area contributed by atoms with Crippen LogP contribution in [-0.2, 0) is 0 Å². The van der Waals surface area contributed by atoms with Crippen molar-refractivity contribution in [3.8, 4) is 0 Å². The first-order valence-corrected chi connectivity index (χ1v) is 7.18. The molecule has 0 spiro atoms. The van der Waals surface area contributed by atoms with Crippen molar-refractivity contribution in [1.29, 1.82) is 0 Å². The Morgan fingerprint density at radius 3 is 2.41 bits per heavy atom. The molecule has 0 amide bonds. The lowest BCUT2D eigenvalue weighted by molar-refractivity contribution is 0.0721. The van der Waals surface area contributed by atoms with Gasteiger partial charge in [0.25, 0.3) is 0 Å². The van der Waals surface area contributed by atoms with E-state index in [2.05, 4.69) is 21.7 Å². The number of piperazine rings is 1. The topological polar surface area (TPSA) is 18.5 Å². The van der Waals surface area contributed by atoms with Crippen LogP contribution >= 0.6 is 0 Å². The third kappa shape index (κ3) is 4.09. The van der Waals surface area contributed by atoms with Gasteiger partial charge in [-0.2, -0.15) is 0 Å². The Kier molecular flexibility index (Phi) is 5.49. The summed E-state index contributed by atoms with van der Waals surface area (Å²) in [5.74, 6) is 0. The summed E-state index contributed by atoms with van der Waals surface area (Å²) < 4.78 is 0. The van der Waals surface area contributed by atoms with E-state index in [1.807, 2.05) is 6.08 Å². The van der Waals surface area contributed by atoms with E-state index in [9.17, 15) is 0 Å². The first kappa shape index (κ1) is 13.1. The maximum atomic E-state index is 3.77. The van der Waals surface area contributed by atoms with Crippen LogP contribution in [0.1, 0.15) is 25.7 Å². The predicted octanol–water partition coefficient (Wildman–Crippen LogP) is 1.32. The first-order chi connectivity index (χ1) is 8.40. The van der Waals surface area contributed by atoms with Gasteiger partial charge in [0.2, 0.25) is 0 Å². The zero-order valence-corrected chi connectivity index (χ0v) is 11.0. The molecule has 0 radical (unpaired) electrons. The Bertz CT molecular complexity index is 218. The molecule has 2 fully saturated rings. The quantitative estimate of drug-likeness (QED) is 0.532. The summed E-state index contributed by atoms with van der Waals surface area (Å²) in [5, 5.41) is 3.36. The van der Waals surface area contributed by atoms with Gasteiger partial charge in [-0.25, -0.2) is 0 Å². The van der Waals surface area contributed by atoms with Crippen LogP contribution in [0.4, 0.5) is 0 Å². The van der Waals surface area contributed by atoms with Gasteiger partial charge in [-0.05, 0) is 25.8 Å². The van der Waals surface area contributed by atoms with Gasteiger partial charge in [-0.15, -0.1) is 6.58 Å². The van der Waals surface area contributed by atoms with Crippen molar-refractivity contribution in [3.63, 3.8) is 0 Å². The predicted molar refractivity (Wildman–Crippen MR) is 73.3 cm³/mol. The molecular formula is C14H27N3. The highest BCUT2D eigenvalue weighted by Gasteiger charge is 2.27. The van der Waals surface area contributed by atoms with Gasteiger partial charge in [0.15, 0.2) is 0 Å². The number of unbranched alkanes of at least 4 members (excludes halogenated alkanes) is 3. The largest absolute Gasteiger partial charge is 0.314 e. The summed E-state index contributed by atoms with van der Waals surface area (Å²) in [4.78, 5) is 5.29. The molecule has 2 heterocycles. The van der Waals surface area contributed by atoms with Crippen LogP contribution < -0.4 is 5.32 Å². The molecule has 0 aliphatic carbocycles. The SMILES string of the molecule is C=CCCCCCN1CCN(C2CNC2)CC1. The lowest BCUT2D eigenvalue weighted by Gasteiger charge is -2.43. The van der Waals surface area contributed by atoms with Gasteiger partial charge in [0.1, 0.15) is 0 Å². The summed E-state index contributed by atoms with van der Waals surface area (Å²) in [6, 6.07) is 0.838. The molecule has 0 bridgehead atoms. The number of nitrogens with zero attached hydrogens (tertiary/aromatic N) is 2. The average molecular weight is 237 g/mol. The fourth-order valence-electron chi connectivity index (χ4n) is 2.68. The van der Waals surface area contributed by atoms with E-state index in [-0.39, 0.29) is 0 Å². The molecule has 2 aliphatic heterocycles. The van der Waals surface area contributed by atoms with Crippen molar-refractivity contribution < 1.29 is 0 Å². The number of nitrogens with one attached hydrogen (secondary N) is 1. The Hall–Kier alpha value is -0.380. The number of hydrogen-bond acceptors (Lipinski definition) is 3. The summed E-state index contributed by atoms with van der Waals surface area (Å²) in [5.41, 5.74) is 0. The molecule has 2 rings (SSSR count). The van der Waals surface area contributed by atoms with Crippen LogP contribution in [0.2, 0.25) is 0 Å². The second-order valence-electron chi connectivity index (χ2n) is 5.33. The third-order valence-corrected chi connectivity index (χ3v) is 4.07. The van der Waals surface area contributed by atoms with E-state index in [0.29, 0.717) is 0 Å². The Morgan fingerprint density at radius 2 is 1.82 bits per heavy atom. The molecule has 1 N–H and O–H groups in total. The highest BCUT2D eigenvalue weighted by molar-refractivity contribution is 4.87. The number of rotatable bonds is 7. The second kappa shape index (κ2) is 7.14. The Labute approximate surface area is 106 Å². The normalized spacial score (nSPS) is 23.5.